The normalized spacial score (nSPS) is 18.8. The molecule has 3 nitrogen and oxygen atoms in total. The van der Waals surface area contributed by atoms with Crippen LogP contribution in [-0.4, -0.2) is 29.1 Å². The molecule has 1 N–H and O–H groups in total. The maximum atomic E-state index is 13.2. The Morgan fingerprint density at radius 1 is 1.26 bits per heavy atom. The van der Waals surface area contributed by atoms with Gasteiger partial charge >= 0.3 is 5.97 Å². The molecule has 1 aromatic carbocycles. The predicted octanol–water partition coefficient (Wildman–Crippen LogP) is 3.14. The Morgan fingerprint density at radius 3 is 2.42 bits per heavy atom. The molecular weight excluding hydrogens is 245 g/mol. The molecule has 0 bridgehead atoms. The number of carboxylic acids is 1. The zero-order chi connectivity index (χ0) is 13.8. The van der Waals surface area contributed by atoms with Crippen LogP contribution in [0.1, 0.15) is 42.9 Å². The number of hydrogen-bond acceptors (Lipinski definition) is 2. The standard InChI is InChI=1S/C15H20FNO2/c1-11-10-12(16)6-7-13(11)14(15(18)19)17-8-4-2-3-5-9-17/h6-7,10,14H,2-5,8-9H2,1H3,(H,18,19). The molecular formula is C15H20FNO2. The van der Waals surface area contributed by atoms with Crippen molar-refractivity contribution in [3.05, 3.63) is 35.1 Å². The van der Waals surface area contributed by atoms with Crippen LogP contribution in [-0.2, 0) is 4.79 Å². The minimum Gasteiger partial charge on any atom is -0.480 e. The molecule has 1 aliphatic rings. The Balaban J connectivity index is 2.30. The third-order valence-electron chi connectivity index (χ3n) is 3.77. The van der Waals surface area contributed by atoms with Gasteiger partial charge in [-0.1, -0.05) is 18.9 Å². The van der Waals surface area contributed by atoms with Gasteiger partial charge < -0.3 is 5.11 Å². The molecule has 0 amide bonds. The molecule has 1 saturated heterocycles. The first-order chi connectivity index (χ1) is 9.09. The molecule has 0 spiro atoms. The van der Waals surface area contributed by atoms with Crippen molar-refractivity contribution in [3.63, 3.8) is 0 Å². The van der Waals surface area contributed by atoms with Crippen molar-refractivity contribution in [2.24, 2.45) is 0 Å². The summed E-state index contributed by atoms with van der Waals surface area (Å²) >= 11 is 0. The van der Waals surface area contributed by atoms with Gasteiger partial charge in [0.05, 0.1) is 0 Å². The number of rotatable bonds is 3. The Kier molecular flexibility index (Phi) is 4.53. The minimum absolute atomic E-state index is 0.318. The first kappa shape index (κ1) is 14.0. The zero-order valence-electron chi connectivity index (χ0n) is 11.2. The van der Waals surface area contributed by atoms with E-state index in [2.05, 4.69) is 0 Å². The van der Waals surface area contributed by atoms with E-state index in [9.17, 15) is 14.3 Å². The number of carboxylic acid groups (broad SMARTS) is 1. The van der Waals surface area contributed by atoms with Gasteiger partial charge in [0.1, 0.15) is 11.9 Å². The van der Waals surface area contributed by atoms with E-state index in [-0.39, 0.29) is 5.82 Å². The van der Waals surface area contributed by atoms with Crippen molar-refractivity contribution in [3.8, 4) is 0 Å². The van der Waals surface area contributed by atoms with E-state index < -0.39 is 12.0 Å². The summed E-state index contributed by atoms with van der Waals surface area (Å²) in [7, 11) is 0. The van der Waals surface area contributed by atoms with Crippen molar-refractivity contribution < 1.29 is 14.3 Å². The number of aliphatic carboxylic acids is 1. The molecule has 1 fully saturated rings. The molecule has 1 aromatic rings. The Bertz CT molecular complexity index is 453. The SMILES string of the molecule is Cc1cc(F)ccc1C(C(=O)O)N1CCCCCC1. The Morgan fingerprint density at radius 2 is 1.89 bits per heavy atom. The molecule has 2 rings (SSSR count). The Labute approximate surface area is 113 Å². The minimum atomic E-state index is -0.850. The molecule has 4 heteroatoms. The van der Waals surface area contributed by atoms with E-state index in [1.807, 2.05) is 4.90 Å². The number of nitrogens with zero attached hydrogens (tertiary/aromatic N) is 1. The van der Waals surface area contributed by atoms with Crippen LogP contribution in [0.2, 0.25) is 0 Å². The molecule has 0 aromatic heterocycles. The van der Waals surface area contributed by atoms with E-state index in [0.717, 1.165) is 38.8 Å². The predicted molar refractivity (Wildman–Crippen MR) is 71.6 cm³/mol. The van der Waals surface area contributed by atoms with Crippen molar-refractivity contribution in [2.75, 3.05) is 13.1 Å². The maximum absolute atomic E-state index is 13.2. The monoisotopic (exact) mass is 265 g/mol. The van der Waals surface area contributed by atoms with E-state index >= 15 is 0 Å². The number of hydrogen-bond donors (Lipinski definition) is 1. The third-order valence-corrected chi connectivity index (χ3v) is 3.77. The van der Waals surface area contributed by atoms with Crippen LogP contribution in [0.25, 0.3) is 0 Å². The fourth-order valence-electron chi connectivity index (χ4n) is 2.79. The average Bonchev–Trinajstić information content (AvgIpc) is 2.61. The van der Waals surface area contributed by atoms with Gasteiger partial charge in [0, 0.05) is 0 Å². The topological polar surface area (TPSA) is 40.5 Å². The summed E-state index contributed by atoms with van der Waals surface area (Å²) in [4.78, 5) is 13.6. The highest BCUT2D eigenvalue weighted by molar-refractivity contribution is 5.76. The fraction of sp³-hybridized carbons (Fsp3) is 0.533. The van der Waals surface area contributed by atoms with Gasteiger partial charge in [-0.2, -0.15) is 0 Å². The number of likely N-dealkylation sites (tertiary alicyclic amines) is 1. The lowest BCUT2D eigenvalue weighted by Gasteiger charge is -2.28. The summed E-state index contributed by atoms with van der Waals surface area (Å²) in [5.74, 6) is -1.17. The lowest BCUT2D eigenvalue weighted by atomic mass is 9.99. The number of carbonyl (C=O) groups is 1. The van der Waals surface area contributed by atoms with Gasteiger partial charge in [-0.05, 0) is 56.1 Å². The second-order valence-electron chi connectivity index (χ2n) is 5.19. The molecule has 19 heavy (non-hydrogen) atoms. The van der Waals surface area contributed by atoms with Crippen molar-refractivity contribution in [1.82, 2.24) is 4.90 Å². The maximum Gasteiger partial charge on any atom is 0.325 e. The lowest BCUT2D eigenvalue weighted by molar-refractivity contribution is -0.143. The van der Waals surface area contributed by atoms with Crippen LogP contribution < -0.4 is 0 Å². The van der Waals surface area contributed by atoms with Gasteiger partial charge in [-0.15, -0.1) is 0 Å². The summed E-state index contributed by atoms with van der Waals surface area (Å²) in [6, 6.07) is 3.70. The van der Waals surface area contributed by atoms with Crippen LogP contribution in [0.3, 0.4) is 0 Å². The second kappa shape index (κ2) is 6.15. The third kappa shape index (κ3) is 3.32. The molecule has 0 radical (unpaired) electrons. The second-order valence-corrected chi connectivity index (χ2v) is 5.19. The lowest BCUT2D eigenvalue weighted by Crippen LogP contribution is -2.35. The van der Waals surface area contributed by atoms with Gasteiger partial charge in [-0.25, -0.2) is 4.39 Å². The van der Waals surface area contributed by atoms with Crippen LogP contribution in [0.4, 0.5) is 4.39 Å². The molecule has 1 atom stereocenters. The van der Waals surface area contributed by atoms with Gasteiger partial charge in [0.25, 0.3) is 0 Å². The van der Waals surface area contributed by atoms with Gasteiger partial charge in [0.15, 0.2) is 0 Å². The molecule has 0 saturated carbocycles. The molecule has 0 aliphatic carbocycles. The van der Waals surface area contributed by atoms with E-state index in [4.69, 9.17) is 0 Å². The van der Waals surface area contributed by atoms with Gasteiger partial charge in [0.2, 0.25) is 0 Å². The smallest absolute Gasteiger partial charge is 0.325 e. The molecule has 104 valence electrons. The summed E-state index contributed by atoms with van der Waals surface area (Å²) in [6.07, 6.45) is 4.38. The van der Waals surface area contributed by atoms with Crippen LogP contribution >= 0.6 is 0 Å². The van der Waals surface area contributed by atoms with Crippen molar-refractivity contribution in [2.45, 2.75) is 38.6 Å². The first-order valence-corrected chi connectivity index (χ1v) is 6.82. The average molecular weight is 265 g/mol. The van der Waals surface area contributed by atoms with Crippen molar-refractivity contribution in [1.29, 1.82) is 0 Å². The highest BCUT2D eigenvalue weighted by Gasteiger charge is 2.29. The van der Waals surface area contributed by atoms with E-state index in [1.165, 1.54) is 12.1 Å². The Hall–Kier alpha value is -1.42. The first-order valence-electron chi connectivity index (χ1n) is 6.82. The summed E-state index contributed by atoms with van der Waals surface area (Å²) in [6.45, 7) is 3.37. The summed E-state index contributed by atoms with van der Waals surface area (Å²) in [5.41, 5.74) is 1.41. The molecule has 1 heterocycles. The number of aryl methyl sites for hydroxylation is 1. The van der Waals surface area contributed by atoms with E-state index in [0.29, 0.717) is 11.1 Å². The van der Waals surface area contributed by atoms with Crippen LogP contribution in [0, 0.1) is 12.7 Å². The number of halogens is 1. The summed E-state index contributed by atoms with van der Waals surface area (Å²) < 4.78 is 13.2. The molecule has 1 unspecified atom stereocenters. The highest BCUT2D eigenvalue weighted by Crippen LogP contribution is 2.27. The van der Waals surface area contributed by atoms with Crippen LogP contribution in [0.15, 0.2) is 18.2 Å². The zero-order valence-corrected chi connectivity index (χ0v) is 11.2. The fourth-order valence-corrected chi connectivity index (χ4v) is 2.79. The quantitative estimate of drug-likeness (QED) is 0.912. The van der Waals surface area contributed by atoms with Crippen molar-refractivity contribution >= 4 is 5.97 Å². The largest absolute Gasteiger partial charge is 0.480 e. The van der Waals surface area contributed by atoms with Crippen LogP contribution in [0.5, 0.6) is 0 Å². The summed E-state index contributed by atoms with van der Waals surface area (Å²) in [5, 5.41) is 9.53. The van der Waals surface area contributed by atoms with Gasteiger partial charge in [-0.3, -0.25) is 9.69 Å². The highest BCUT2D eigenvalue weighted by atomic mass is 19.1. The van der Waals surface area contributed by atoms with E-state index in [1.54, 1.807) is 13.0 Å². The molecule has 1 aliphatic heterocycles. The number of benzene rings is 1.